The molecular weight excluding hydrogens is 302 g/mol. The first-order chi connectivity index (χ1) is 9.11. The topological polar surface area (TPSA) is 20.3 Å². The Hall–Kier alpha value is -1.35. The first kappa shape index (κ1) is 14.1. The predicted molar refractivity (Wildman–Crippen MR) is 83.5 cm³/mol. The van der Waals surface area contributed by atoms with Crippen LogP contribution in [-0.4, -0.2) is 24.4 Å². The molecule has 0 unspecified atom stereocenters. The molecule has 19 heavy (non-hydrogen) atoms. The molecule has 2 aromatic rings. The van der Waals surface area contributed by atoms with Crippen LogP contribution < -0.4 is 0 Å². The lowest BCUT2D eigenvalue weighted by Gasteiger charge is -2.17. The Bertz CT molecular complexity index is 594. The molecule has 2 nitrogen and oxygen atoms in total. The van der Waals surface area contributed by atoms with Crippen molar-refractivity contribution in [3.8, 4) is 0 Å². The van der Waals surface area contributed by atoms with Gasteiger partial charge in [-0.3, -0.25) is 4.79 Å². The van der Waals surface area contributed by atoms with Gasteiger partial charge in [0.2, 0.25) is 0 Å². The summed E-state index contributed by atoms with van der Waals surface area (Å²) in [5.74, 6) is 0.0956. The molecule has 2 aromatic carbocycles. The van der Waals surface area contributed by atoms with Crippen molar-refractivity contribution in [2.45, 2.75) is 19.8 Å². The minimum absolute atomic E-state index is 0.0956. The molecule has 3 heteroatoms. The van der Waals surface area contributed by atoms with E-state index in [0.717, 1.165) is 40.2 Å². The maximum atomic E-state index is 12.3. The molecule has 0 N–H and O–H groups in total. The zero-order valence-electron chi connectivity index (χ0n) is 11.3. The maximum absolute atomic E-state index is 12.3. The fraction of sp³-hybridized carbons (Fsp3) is 0.312. The molecule has 0 saturated carbocycles. The Morgan fingerprint density at radius 2 is 1.84 bits per heavy atom. The average molecular weight is 320 g/mol. The van der Waals surface area contributed by atoms with E-state index in [1.54, 1.807) is 4.90 Å². The fourth-order valence-corrected chi connectivity index (χ4v) is 2.45. The van der Waals surface area contributed by atoms with Gasteiger partial charge >= 0.3 is 0 Å². The van der Waals surface area contributed by atoms with E-state index in [0.29, 0.717) is 0 Å². The summed E-state index contributed by atoms with van der Waals surface area (Å²) in [6, 6.07) is 12.0. The van der Waals surface area contributed by atoms with Gasteiger partial charge in [0.15, 0.2) is 0 Å². The number of nitrogens with zero attached hydrogens (tertiary/aromatic N) is 1. The van der Waals surface area contributed by atoms with Gasteiger partial charge < -0.3 is 4.90 Å². The number of amides is 1. The van der Waals surface area contributed by atoms with Crippen molar-refractivity contribution in [1.29, 1.82) is 0 Å². The zero-order chi connectivity index (χ0) is 13.8. The summed E-state index contributed by atoms with van der Waals surface area (Å²) in [4.78, 5) is 14.1. The minimum Gasteiger partial charge on any atom is -0.342 e. The van der Waals surface area contributed by atoms with E-state index in [1.807, 2.05) is 37.4 Å². The van der Waals surface area contributed by atoms with Crippen molar-refractivity contribution in [1.82, 2.24) is 4.90 Å². The Kier molecular flexibility index (Phi) is 4.59. The van der Waals surface area contributed by atoms with Gasteiger partial charge in [-0.25, -0.2) is 0 Å². The van der Waals surface area contributed by atoms with Crippen molar-refractivity contribution in [3.05, 3.63) is 46.4 Å². The van der Waals surface area contributed by atoms with Gasteiger partial charge in [-0.15, -0.1) is 0 Å². The van der Waals surface area contributed by atoms with Crippen LogP contribution in [0.1, 0.15) is 30.1 Å². The van der Waals surface area contributed by atoms with Crippen LogP contribution >= 0.6 is 15.9 Å². The maximum Gasteiger partial charge on any atom is 0.253 e. The van der Waals surface area contributed by atoms with E-state index < -0.39 is 0 Å². The second kappa shape index (κ2) is 6.20. The normalized spacial score (nSPS) is 10.7. The Balaban J connectivity index is 2.25. The minimum atomic E-state index is 0.0956. The van der Waals surface area contributed by atoms with Gasteiger partial charge in [-0.2, -0.15) is 0 Å². The Labute approximate surface area is 122 Å². The van der Waals surface area contributed by atoms with Crippen LogP contribution in [0.3, 0.4) is 0 Å². The highest BCUT2D eigenvalue weighted by Crippen LogP contribution is 2.21. The summed E-state index contributed by atoms with van der Waals surface area (Å²) in [5.41, 5.74) is 0.758. The fourth-order valence-electron chi connectivity index (χ4n) is 2.07. The number of benzene rings is 2. The molecule has 0 aliphatic heterocycles. The molecule has 0 fully saturated rings. The highest BCUT2D eigenvalue weighted by Gasteiger charge is 2.11. The molecular formula is C16H18BrNO. The van der Waals surface area contributed by atoms with Crippen molar-refractivity contribution < 1.29 is 4.79 Å². The second-order valence-corrected chi connectivity index (χ2v) is 5.70. The van der Waals surface area contributed by atoms with Crippen LogP contribution in [0.25, 0.3) is 10.8 Å². The summed E-state index contributed by atoms with van der Waals surface area (Å²) < 4.78 is 1.05. The lowest BCUT2D eigenvalue weighted by atomic mass is 10.1. The SMILES string of the molecule is CCCCN(C)C(=O)c1ccc2cc(Br)ccc2c1. The van der Waals surface area contributed by atoms with E-state index in [1.165, 1.54) is 0 Å². The third kappa shape index (κ3) is 3.35. The molecule has 0 bridgehead atoms. The summed E-state index contributed by atoms with van der Waals surface area (Å²) in [6.45, 7) is 2.94. The van der Waals surface area contributed by atoms with E-state index in [9.17, 15) is 4.79 Å². The summed E-state index contributed by atoms with van der Waals surface area (Å²) in [6.07, 6.45) is 2.14. The Morgan fingerprint density at radius 1 is 1.16 bits per heavy atom. The summed E-state index contributed by atoms with van der Waals surface area (Å²) in [7, 11) is 1.86. The number of rotatable bonds is 4. The highest BCUT2D eigenvalue weighted by molar-refractivity contribution is 9.10. The Morgan fingerprint density at radius 3 is 2.58 bits per heavy atom. The predicted octanol–water partition coefficient (Wildman–Crippen LogP) is 4.47. The molecule has 0 aliphatic rings. The number of halogens is 1. The second-order valence-electron chi connectivity index (χ2n) is 4.79. The van der Waals surface area contributed by atoms with Crippen molar-refractivity contribution in [2.24, 2.45) is 0 Å². The smallest absolute Gasteiger partial charge is 0.253 e. The van der Waals surface area contributed by atoms with Gasteiger partial charge in [-0.1, -0.05) is 41.4 Å². The van der Waals surface area contributed by atoms with Gasteiger partial charge in [0.25, 0.3) is 5.91 Å². The van der Waals surface area contributed by atoms with Crippen LogP contribution in [-0.2, 0) is 0 Å². The number of hydrogen-bond donors (Lipinski definition) is 0. The van der Waals surface area contributed by atoms with Gasteiger partial charge in [0, 0.05) is 23.6 Å². The molecule has 100 valence electrons. The van der Waals surface area contributed by atoms with Crippen LogP contribution in [0.5, 0.6) is 0 Å². The molecule has 0 aliphatic carbocycles. The van der Waals surface area contributed by atoms with E-state index >= 15 is 0 Å². The van der Waals surface area contributed by atoms with Crippen molar-refractivity contribution >= 4 is 32.6 Å². The third-order valence-corrected chi connectivity index (χ3v) is 3.74. The highest BCUT2D eigenvalue weighted by atomic mass is 79.9. The standard InChI is InChI=1S/C16H18BrNO/c1-3-4-9-18(2)16(19)14-6-5-13-11-15(17)8-7-12(13)10-14/h5-8,10-11H,3-4,9H2,1-2H3. The number of carbonyl (C=O) groups is 1. The first-order valence-electron chi connectivity index (χ1n) is 6.56. The van der Waals surface area contributed by atoms with Gasteiger partial charge in [0.1, 0.15) is 0 Å². The average Bonchev–Trinajstić information content (AvgIpc) is 2.43. The van der Waals surface area contributed by atoms with Crippen molar-refractivity contribution in [3.63, 3.8) is 0 Å². The molecule has 0 atom stereocenters. The van der Waals surface area contributed by atoms with Gasteiger partial charge in [-0.05, 0) is 41.5 Å². The monoisotopic (exact) mass is 319 g/mol. The van der Waals surface area contributed by atoms with E-state index in [-0.39, 0.29) is 5.91 Å². The van der Waals surface area contributed by atoms with E-state index in [4.69, 9.17) is 0 Å². The lowest BCUT2D eigenvalue weighted by molar-refractivity contribution is 0.0793. The van der Waals surface area contributed by atoms with E-state index in [2.05, 4.69) is 28.9 Å². The molecule has 0 saturated heterocycles. The lowest BCUT2D eigenvalue weighted by Crippen LogP contribution is -2.27. The molecule has 0 heterocycles. The third-order valence-electron chi connectivity index (χ3n) is 3.24. The molecule has 0 aromatic heterocycles. The van der Waals surface area contributed by atoms with Crippen LogP contribution in [0.15, 0.2) is 40.9 Å². The van der Waals surface area contributed by atoms with Gasteiger partial charge in [0.05, 0.1) is 0 Å². The molecule has 0 radical (unpaired) electrons. The largest absolute Gasteiger partial charge is 0.342 e. The van der Waals surface area contributed by atoms with Crippen LogP contribution in [0.2, 0.25) is 0 Å². The number of fused-ring (bicyclic) bond motifs is 1. The quantitative estimate of drug-likeness (QED) is 0.814. The van der Waals surface area contributed by atoms with Crippen LogP contribution in [0.4, 0.5) is 0 Å². The van der Waals surface area contributed by atoms with Crippen molar-refractivity contribution in [2.75, 3.05) is 13.6 Å². The van der Waals surface area contributed by atoms with Crippen LogP contribution in [0, 0.1) is 0 Å². The number of carbonyl (C=O) groups excluding carboxylic acids is 1. The summed E-state index contributed by atoms with van der Waals surface area (Å²) in [5, 5.41) is 2.24. The zero-order valence-corrected chi connectivity index (χ0v) is 12.9. The molecule has 0 spiro atoms. The summed E-state index contributed by atoms with van der Waals surface area (Å²) >= 11 is 3.46. The number of hydrogen-bond acceptors (Lipinski definition) is 1. The first-order valence-corrected chi connectivity index (χ1v) is 7.36. The number of unbranched alkanes of at least 4 members (excludes halogenated alkanes) is 1. The molecule has 2 rings (SSSR count). The molecule has 1 amide bonds.